The molecule has 5 rings (SSSR count). The summed E-state index contributed by atoms with van der Waals surface area (Å²) in [6, 6.07) is 14.9. The highest BCUT2D eigenvalue weighted by atomic mass is 19.1. The van der Waals surface area contributed by atoms with E-state index in [1.807, 2.05) is 18.2 Å². The van der Waals surface area contributed by atoms with Crippen molar-refractivity contribution in [2.24, 2.45) is 0 Å². The molecule has 0 saturated heterocycles. The first-order valence-corrected chi connectivity index (χ1v) is 9.83. The Morgan fingerprint density at radius 2 is 1.72 bits per heavy atom. The Bertz CT molecular complexity index is 1200. The minimum atomic E-state index is -0.295. The maximum Gasteiger partial charge on any atom is 0.158 e. The fourth-order valence-corrected chi connectivity index (χ4v) is 3.95. The summed E-state index contributed by atoms with van der Waals surface area (Å²) in [6.45, 7) is 0.485. The van der Waals surface area contributed by atoms with Gasteiger partial charge in [0, 0.05) is 29.4 Å². The van der Waals surface area contributed by atoms with E-state index >= 15 is 0 Å². The first kappa shape index (κ1) is 17.8. The average Bonchev–Trinajstić information content (AvgIpc) is 3.15. The Kier molecular flexibility index (Phi) is 4.46. The third kappa shape index (κ3) is 3.46. The Morgan fingerprint density at radius 1 is 0.931 bits per heavy atom. The minimum absolute atomic E-state index is 0.251. The van der Waals surface area contributed by atoms with E-state index in [1.54, 1.807) is 16.6 Å². The van der Waals surface area contributed by atoms with Gasteiger partial charge in [-0.05, 0) is 55.5 Å². The summed E-state index contributed by atoms with van der Waals surface area (Å²) >= 11 is 0. The molecule has 2 heterocycles. The molecule has 1 aliphatic carbocycles. The Labute approximate surface area is 167 Å². The van der Waals surface area contributed by atoms with Crippen molar-refractivity contribution in [2.45, 2.75) is 32.2 Å². The quantitative estimate of drug-likeness (QED) is 0.523. The summed E-state index contributed by atoms with van der Waals surface area (Å²) in [5.74, 6) is 0.339. The van der Waals surface area contributed by atoms with Crippen LogP contribution in [0.4, 0.5) is 14.6 Å². The molecule has 0 atom stereocenters. The van der Waals surface area contributed by atoms with E-state index in [4.69, 9.17) is 10.1 Å². The molecule has 2 aromatic heterocycles. The number of benzene rings is 2. The highest BCUT2D eigenvalue weighted by molar-refractivity contribution is 5.67. The molecule has 1 N–H and O–H groups in total. The second-order valence-electron chi connectivity index (χ2n) is 7.39. The van der Waals surface area contributed by atoms with Gasteiger partial charge in [0.1, 0.15) is 17.5 Å². The number of halogens is 2. The Hall–Kier alpha value is -3.28. The number of nitrogens with one attached hydrogen (secondary N) is 1. The van der Waals surface area contributed by atoms with Crippen LogP contribution in [0.2, 0.25) is 0 Å². The van der Waals surface area contributed by atoms with E-state index in [0.717, 1.165) is 54.0 Å². The van der Waals surface area contributed by atoms with Crippen molar-refractivity contribution in [3.8, 4) is 11.3 Å². The highest BCUT2D eigenvalue weighted by Gasteiger charge is 2.20. The number of hydrogen-bond acceptors (Lipinski definition) is 3. The summed E-state index contributed by atoms with van der Waals surface area (Å²) in [6.07, 6.45) is 4.08. The van der Waals surface area contributed by atoms with Crippen LogP contribution in [0.25, 0.3) is 16.9 Å². The molecule has 0 radical (unpaired) electrons. The van der Waals surface area contributed by atoms with Gasteiger partial charge in [0.25, 0.3) is 0 Å². The van der Waals surface area contributed by atoms with E-state index < -0.39 is 0 Å². The zero-order valence-corrected chi connectivity index (χ0v) is 15.8. The molecule has 4 nitrogen and oxygen atoms in total. The van der Waals surface area contributed by atoms with Crippen molar-refractivity contribution in [3.63, 3.8) is 0 Å². The summed E-state index contributed by atoms with van der Waals surface area (Å²) in [5, 5.41) is 8.17. The van der Waals surface area contributed by atoms with Crippen LogP contribution < -0.4 is 5.32 Å². The molecule has 1 aliphatic rings. The van der Waals surface area contributed by atoms with E-state index in [-0.39, 0.29) is 11.6 Å². The van der Waals surface area contributed by atoms with Crippen LogP contribution in [-0.4, -0.2) is 14.6 Å². The van der Waals surface area contributed by atoms with E-state index in [2.05, 4.69) is 5.32 Å². The molecule has 29 heavy (non-hydrogen) atoms. The van der Waals surface area contributed by atoms with Gasteiger partial charge in [-0.25, -0.2) is 13.8 Å². The lowest BCUT2D eigenvalue weighted by Crippen LogP contribution is -2.15. The van der Waals surface area contributed by atoms with E-state index in [0.29, 0.717) is 17.8 Å². The van der Waals surface area contributed by atoms with Crippen molar-refractivity contribution >= 4 is 11.5 Å². The summed E-state index contributed by atoms with van der Waals surface area (Å²) in [5.41, 5.74) is 5.21. The third-order valence-corrected chi connectivity index (χ3v) is 5.35. The van der Waals surface area contributed by atoms with Crippen LogP contribution in [0.3, 0.4) is 0 Å². The molecular formula is C23H20F2N4. The van der Waals surface area contributed by atoms with Crippen molar-refractivity contribution in [2.75, 3.05) is 5.32 Å². The van der Waals surface area contributed by atoms with Gasteiger partial charge in [-0.15, -0.1) is 0 Å². The maximum absolute atomic E-state index is 13.7. The monoisotopic (exact) mass is 390 g/mol. The molecule has 2 aromatic carbocycles. The molecule has 4 aromatic rings. The number of nitrogens with zero attached hydrogens (tertiary/aromatic N) is 3. The number of fused-ring (bicyclic) bond motifs is 2. The number of anilines is 1. The van der Waals surface area contributed by atoms with Crippen molar-refractivity contribution in [1.82, 2.24) is 14.6 Å². The second-order valence-corrected chi connectivity index (χ2v) is 7.39. The average molecular weight is 390 g/mol. The lowest BCUT2D eigenvalue weighted by Gasteiger charge is -2.20. The molecule has 0 saturated carbocycles. The van der Waals surface area contributed by atoms with Gasteiger partial charge >= 0.3 is 0 Å². The minimum Gasteiger partial charge on any atom is -0.366 e. The molecule has 0 spiro atoms. The predicted octanol–water partition coefficient (Wildman–Crippen LogP) is 5.17. The SMILES string of the molecule is Fc1cccc(CNc2c3c(nc4cc(-c5cccc(F)c5)nn24)CCCC3)c1. The van der Waals surface area contributed by atoms with Crippen LogP contribution in [0.1, 0.15) is 29.7 Å². The van der Waals surface area contributed by atoms with Gasteiger partial charge in [0.05, 0.1) is 5.69 Å². The van der Waals surface area contributed by atoms with Crippen LogP contribution in [-0.2, 0) is 19.4 Å². The number of hydrogen-bond donors (Lipinski definition) is 1. The van der Waals surface area contributed by atoms with Gasteiger partial charge in [-0.3, -0.25) is 0 Å². The first-order chi connectivity index (χ1) is 14.2. The maximum atomic E-state index is 13.7. The topological polar surface area (TPSA) is 42.2 Å². The van der Waals surface area contributed by atoms with Gasteiger partial charge < -0.3 is 5.32 Å². The van der Waals surface area contributed by atoms with Gasteiger partial charge in [-0.2, -0.15) is 9.61 Å². The van der Waals surface area contributed by atoms with Gasteiger partial charge in [0.15, 0.2) is 5.65 Å². The lowest BCUT2D eigenvalue weighted by molar-refractivity contribution is 0.625. The zero-order chi connectivity index (χ0) is 19.8. The van der Waals surface area contributed by atoms with Crippen LogP contribution >= 0.6 is 0 Å². The summed E-state index contributed by atoms with van der Waals surface area (Å²) < 4.78 is 29.0. The largest absolute Gasteiger partial charge is 0.366 e. The number of aromatic nitrogens is 3. The standard InChI is InChI=1S/C23H20F2N4/c24-17-7-3-5-15(11-17)14-26-23-19-9-1-2-10-20(19)27-22-13-21(28-29(22)23)16-6-4-8-18(25)12-16/h3-8,11-13,26H,1-2,9-10,14H2. The Balaban J connectivity index is 1.59. The molecule has 0 aliphatic heterocycles. The van der Waals surface area contributed by atoms with Crippen LogP contribution in [0, 0.1) is 11.6 Å². The van der Waals surface area contributed by atoms with Crippen LogP contribution in [0.15, 0.2) is 54.6 Å². The van der Waals surface area contributed by atoms with E-state index in [1.165, 1.54) is 24.3 Å². The molecular weight excluding hydrogens is 370 g/mol. The molecule has 146 valence electrons. The summed E-state index contributed by atoms with van der Waals surface area (Å²) in [7, 11) is 0. The highest BCUT2D eigenvalue weighted by Crippen LogP contribution is 2.30. The fraction of sp³-hybridized carbons (Fsp3) is 0.217. The lowest BCUT2D eigenvalue weighted by atomic mass is 9.96. The van der Waals surface area contributed by atoms with Crippen molar-refractivity contribution < 1.29 is 8.78 Å². The number of rotatable bonds is 4. The predicted molar refractivity (Wildman–Crippen MR) is 109 cm³/mol. The normalized spacial score (nSPS) is 13.4. The second kappa shape index (κ2) is 7.28. The summed E-state index contributed by atoms with van der Waals surface area (Å²) in [4.78, 5) is 4.82. The first-order valence-electron chi connectivity index (χ1n) is 9.83. The van der Waals surface area contributed by atoms with Crippen LogP contribution in [0.5, 0.6) is 0 Å². The molecule has 6 heteroatoms. The zero-order valence-electron chi connectivity index (χ0n) is 15.8. The molecule has 0 fully saturated rings. The van der Waals surface area contributed by atoms with Gasteiger partial charge in [-0.1, -0.05) is 24.3 Å². The van der Waals surface area contributed by atoms with Gasteiger partial charge in [0.2, 0.25) is 0 Å². The smallest absolute Gasteiger partial charge is 0.158 e. The van der Waals surface area contributed by atoms with Crippen molar-refractivity contribution in [1.29, 1.82) is 0 Å². The van der Waals surface area contributed by atoms with E-state index in [9.17, 15) is 8.78 Å². The molecule has 0 bridgehead atoms. The van der Waals surface area contributed by atoms with Crippen molar-refractivity contribution in [3.05, 3.63) is 83.1 Å². The molecule has 0 amide bonds. The Morgan fingerprint density at radius 3 is 2.55 bits per heavy atom. The third-order valence-electron chi connectivity index (χ3n) is 5.35. The fourth-order valence-electron chi connectivity index (χ4n) is 3.95. The number of aryl methyl sites for hydroxylation is 1. The molecule has 0 unspecified atom stereocenters.